The van der Waals surface area contributed by atoms with Gasteiger partial charge in [-0.25, -0.2) is 4.72 Å². The third-order valence-corrected chi connectivity index (χ3v) is 2.87. The predicted molar refractivity (Wildman–Crippen MR) is 51.9 cm³/mol. The third-order valence-electron chi connectivity index (χ3n) is 1.92. The van der Waals surface area contributed by atoms with Crippen LogP contribution in [0.4, 0.5) is 0 Å². The van der Waals surface area contributed by atoms with Crippen LogP contribution in [0.1, 0.15) is 18.7 Å². The molecule has 1 aromatic carbocycles. The number of benzene rings is 1. The lowest BCUT2D eigenvalue weighted by atomic mass is 10.2. The van der Waals surface area contributed by atoms with Gasteiger partial charge in [0.15, 0.2) is 0 Å². The van der Waals surface area contributed by atoms with E-state index in [-0.39, 0.29) is 0 Å². The second kappa shape index (κ2) is 3.47. The van der Waals surface area contributed by atoms with Gasteiger partial charge in [-0.3, -0.25) is 5.32 Å². The monoisotopic (exact) mass is 180 g/mol. The van der Waals surface area contributed by atoms with Crippen LogP contribution in [-0.2, 0) is 0 Å². The lowest BCUT2D eigenvalue weighted by Gasteiger charge is -2.10. The molecule has 12 heavy (non-hydrogen) atoms. The van der Waals surface area contributed by atoms with Crippen LogP contribution < -0.4 is 10.0 Å². The van der Waals surface area contributed by atoms with Crippen LogP contribution >= 0.6 is 11.9 Å². The Kier molecular flexibility index (Phi) is 2.35. The van der Waals surface area contributed by atoms with Gasteiger partial charge in [0.1, 0.15) is 0 Å². The van der Waals surface area contributed by atoms with Crippen LogP contribution in [0.3, 0.4) is 0 Å². The Balaban J connectivity index is 2.24. The fraction of sp³-hybridized carbons (Fsp3) is 0.333. The highest BCUT2D eigenvalue weighted by Gasteiger charge is 2.20. The van der Waals surface area contributed by atoms with Crippen molar-refractivity contribution in [3.8, 4) is 0 Å². The van der Waals surface area contributed by atoms with Crippen LogP contribution in [0.2, 0.25) is 0 Å². The Morgan fingerprint density at radius 1 is 1.50 bits per heavy atom. The summed E-state index contributed by atoms with van der Waals surface area (Å²) in [5.41, 5.74) is 1.37. The molecule has 1 aliphatic heterocycles. The Bertz CT molecular complexity index is 273. The van der Waals surface area contributed by atoms with Crippen molar-refractivity contribution in [3.63, 3.8) is 0 Å². The molecule has 0 aliphatic carbocycles. The van der Waals surface area contributed by atoms with Gasteiger partial charge in [0.25, 0.3) is 0 Å². The molecular weight excluding hydrogens is 168 g/mol. The molecule has 0 saturated heterocycles. The van der Waals surface area contributed by atoms with E-state index in [1.54, 1.807) is 11.9 Å². The van der Waals surface area contributed by atoms with Crippen LogP contribution in [-0.4, -0.2) is 6.54 Å². The van der Waals surface area contributed by atoms with Gasteiger partial charge >= 0.3 is 0 Å². The van der Waals surface area contributed by atoms with Gasteiger partial charge in [0.2, 0.25) is 0 Å². The third kappa shape index (κ3) is 1.35. The molecule has 0 bridgehead atoms. The molecule has 1 atom stereocenters. The number of fused-ring (bicyclic) bond motifs is 1. The van der Waals surface area contributed by atoms with E-state index in [4.69, 9.17) is 0 Å². The number of nitrogens with one attached hydrogen (secondary N) is 2. The van der Waals surface area contributed by atoms with E-state index >= 15 is 0 Å². The number of hydrogen-bond donors (Lipinski definition) is 2. The summed E-state index contributed by atoms with van der Waals surface area (Å²) < 4.78 is 3.33. The zero-order valence-electron chi connectivity index (χ0n) is 7.00. The molecule has 1 heterocycles. The Hall–Kier alpha value is -0.510. The largest absolute Gasteiger partial charge is 0.298 e. The van der Waals surface area contributed by atoms with Crippen molar-refractivity contribution in [1.29, 1.82) is 0 Å². The Morgan fingerprint density at radius 3 is 3.17 bits per heavy atom. The van der Waals surface area contributed by atoms with E-state index in [9.17, 15) is 0 Å². The van der Waals surface area contributed by atoms with Gasteiger partial charge < -0.3 is 0 Å². The lowest BCUT2D eigenvalue weighted by Crippen LogP contribution is -2.26. The molecule has 1 aromatic rings. The van der Waals surface area contributed by atoms with Gasteiger partial charge in [-0.1, -0.05) is 25.1 Å². The minimum absolute atomic E-state index is 0.330. The van der Waals surface area contributed by atoms with Gasteiger partial charge in [-0.2, -0.15) is 0 Å². The maximum Gasteiger partial charge on any atom is 0.0941 e. The molecule has 2 N–H and O–H groups in total. The number of hydrogen-bond acceptors (Lipinski definition) is 3. The van der Waals surface area contributed by atoms with Crippen molar-refractivity contribution in [2.75, 3.05) is 6.54 Å². The molecule has 0 amide bonds. The minimum atomic E-state index is 0.330. The maximum atomic E-state index is 3.37. The van der Waals surface area contributed by atoms with Gasteiger partial charge in [-0.15, -0.1) is 0 Å². The van der Waals surface area contributed by atoms with Crippen LogP contribution in [0.25, 0.3) is 0 Å². The fourth-order valence-corrected chi connectivity index (χ4v) is 2.26. The van der Waals surface area contributed by atoms with E-state index in [0.717, 1.165) is 6.54 Å². The van der Waals surface area contributed by atoms with Crippen LogP contribution in [0, 0.1) is 0 Å². The second-order valence-electron chi connectivity index (χ2n) is 2.75. The molecule has 0 radical (unpaired) electrons. The minimum Gasteiger partial charge on any atom is -0.298 e. The topological polar surface area (TPSA) is 24.1 Å². The molecule has 0 fully saturated rings. The molecular formula is C9H12N2S. The van der Waals surface area contributed by atoms with Crippen molar-refractivity contribution < 1.29 is 0 Å². The van der Waals surface area contributed by atoms with E-state index in [2.05, 4.69) is 41.2 Å². The van der Waals surface area contributed by atoms with Gasteiger partial charge in [0.05, 0.1) is 6.17 Å². The summed E-state index contributed by atoms with van der Waals surface area (Å²) in [6, 6.07) is 8.46. The van der Waals surface area contributed by atoms with E-state index < -0.39 is 0 Å². The summed E-state index contributed by atoms with van der Waals surface area (Å²) in [6.07, 6.45) is 0.330. The zero-order valence-corrected chi connectivity index (χ0v) is 7.82. The zero-order chi connectivity index (χ0) is 8.39. The lowest BCUT2D eigenvalue weighted by molar-refractivity contribution is 0.546. The highest BCUT2D eigenvalue weighted by atomic mass is 32.2. The Labute approximate surface area is 76.9 Å². The molecule has 0 spiro atoms. The van der Waals surface area contributed by atoms with Crippen molar-refractivity contribution in [2.24, 2.45) is 0 Å². The van der Waals surface area contributed by atoms with Gasteiger partial charge in [-0.05, 0) is 30.1 Å². The molecule has 1 aliphatic rings. The fourth-order valence-electron chi connectivity index (χ4n) is 1.35. The van der Waals surface area contributed by atoms with Crippen LogP contribution in [0.5, 0.6) is 0 Å². The summed E-state index contributed by atoms with van der Waals surface area (Å²) in [6.45, 7) is 3.11. The highest BCUT2D eigenvalue weighted by Crippen LogP contribution is 2.32. The van der Waals surface area contributed by atoms with Crippen molar-refractivity contribution in [3.05, 3.63) is 29.8 Å². The first-order chi connectivity index (χ1) is 5.92. The van der Waals surface area contributed by atoms with E-state index in [1.807, 2.05) is 0 Å². The smallest absolute Gasteiger partial charge is 0.0941 e. The predicted octanol–water partition coefficient (Wildman–Crippen LogP) is 1.90. The second-order valence-corrected chi connectivity index (χ2v) is 3.63. The summed E-state index contributed by atoms with van der Waals surface area (Å²) in [4.78, 5) is 1.34. The first-order valence-corrected chi connectivity index (χ1v) is 4.98. The molecule has 2 rings (SSSR count). The SMILES string of the molecule is CCNC1NSc2ccccc21. The average Bonchev–Trinajstić information content (AvgIpc) is 2.50. The first-order valence-electron chi connectivity index (χ1n) is 4.16. The molecule has 0 aromatic heterocycles. The quantitative estimate of drug-likeness (QED) is 0.680. The molecule has 0 saturated carbocycles. The van der Waals surface area contributed by atoms with E-state index in [0.29, 0.717) is 6.17 Å². The van der Waals surface area contributed by atoms with E-state index in [1.165, 1.54) is 10.5 Å². The summed E-state index contributed by atoms with van der Waals surface area (Å²) in [5, 5.41) is 3.37. The summed E-state index contributed by atoms with van der Waals surface area (Å²) in [5.74, 6) is 0. The van der Waals surface area contributed by atoms with Crippen molar-refractivity contribution >= 4 is 11.9 Å². The summed E-state index contributed by atoms with van der Waals surface area (Å²) >= 11 is 1.70. The molecule has 64 valence electrons. The molecule has 2 nitrogen and oxygen atoms in total. The standard InChI is InChI=1S/C9H12N2S/c1-2-10-9-7-5-3-4-6-8(7)12-11-9/h3-6,9-11H,2H2,1H3. The van der Waals surface area contributed by atoms with Crippen LogP contribution in [0.15, 0.2) is 29.2 Å². The van der Waals surface area contributed by atoms with Crippen molar-refractivity contribution in [1.82, 2.24) is 10.0 Å². The summed E-state index contributed by atoms with van der Waals surface area (Å²) in [7, 11) is 0. The first kappa shape index (κ1) is 8.10. The molecule has 1 unspecified atom stereocenters. The maximum absolute atomic E-state index is 3.37. The number of rotatable bonds is 2. The van der Waals surface area contributed by atoms with Gasteiger partial charge in [0, 0.05) is 4.90 Å². The average molecular weight is 180 g/mol. The highest BCUT2D eigenvalue weighted by molar-refractivity contribution is 7.97. The molecule has 3 heteroatoms. The van der Waals surface area contributed by atoms with Crippen molar-refractivity contribution in [2.45, 2.75) is 18.0 Å². The Morgan fingerprint density at radius 2 is 2.33 bits per heavy atom. The normalized spacial score (nSPS) is 20.9.